The van der Waals surface area contributed by atoms with Gasteiger partial charge in [0.2, 0.25) is 0 Å². The standard InChI is InChI=1S/C20H27ClN2O5/c1-4-20(19(25)26)15(11-28-10-9-22)23-12(2)16(18(24)27-3)17(20)13-7-5-6-8-14(13)21/h5-8,15,17,23H,4,9-11,22H2,1-3H3,(H,25,26)/t15?,17-,20?/m1/s1. The number of hydrogen-bond donors (Lipinski definition) is 3. The van der Waals surface area contributed by atoms with Crippen LogP contribution in [0.25, 0.3) is 0 Å². The molecule has 3 atom stereocenters. The number of halogens is 1. The molecule has 1 heterocycles. The molecular weight excluding hydrogens is 384 g/mol. The molecule has 154 valence electrons. The lowest BCUT2D eigenvalue weighted by Gasteiger charge is -2.48. The van der Waals surface area contributed by atoms with Gasteiger partial charge in [-0.15, -0.1) is 0 Å². The van der Waals surface area contributed by atoms with E-state index in [0.717, 1.165) is 0 Å². The van der Waals surface area contributed by atoms with Gasteiger partial charge in [-0.3, -0.25) is 4.79 Å². The summed E-state index contributed by atoms with van der Waals surface area (Å²) in [6.45, 7) is 4.28. The van der Waals surface area contributed by atoms with Crippen molar-refractivity contribution in [3.05, 3.63) is 46.1 Å². The predicted molar refractivity (Wildman–Crippen MR) is 106 cm³/mol. The highest BCUT2D eigenvalue weighted by Crippen LogP contribution is 2.52. The van der Waals surface area contributed by atoms with Crippen molar-refractivity contribution in [2.24, 2.45) is 11.1 Å². The Morgan fingerprint density at radius 3 is 2.57 bits per heavy atom. The van der Waals surface area contributed by atoms with Crippen molar-refractivity contribution in [2.75, 3.05) is 26.9 Å². The molecule has 1 aliphatic rings. The first-order chi connectivity index (χ1) is 13.3. The van der Waals surface area contributed by atoms with Gasteiger partial charge in [0.15, 0.2) is 0 Å². The Hall–Kier alpha value is -2.09. The smallest absolute Gasteiger partial charge is 0.336 e. The van der Waals surface area contributed by atoms with E-state index in [1.165, 1.54) is 7.11 Å². The Balaban J connectivity index is 2.75. The third-order valence-corrected chi connectivity index (χ3v) is 5.72. The number of methoxy groups -OCH3 is 1. The number of nitrogens with one attached hydrogen (secondary N) is 1. The van der Waals surface area contributed by atoms with Crippen LogP contribution in [0.2, 0.25) is 5.02 Å². The van der Waals surface area contributed by atoms with Crippen LogP contribution in [-0.2, 0) is 19.1 Å². The van der Waals surface area contributed by atoms with E-state index in [2.05, 4.69) is 5.32 Å². The van der Waals surface area contributed by atoms with Crippen LogP contribution in [0.1, 0.15) is 31.7 Å². The molecule has 0 bridgehead atoms. The zero-order valence-electron chi connectivity index (χ0n) is 16.3. The normalized spacial score (nSPS) is 24.6. The van der Waals surface area contributed by atoms with Crippen LogP contribution in [0.15, 0.2) is 35.5 Å². The molecule has 7 nitrogen and oxygen atoms in total. The van der Waals surface area contributed by atoms with Crippen LogP contribution < -0.4 is 11.1 Å². The number of allylic oxidation sites excluding steroid dienone is 1. The molecule has 0 saturated heterocycles. The second kappa shape index (κ2) is 9.41. The molecule has 1 aromatic rings. The summed E-state index contributed by atoms with van der Waals surface area (Å²) in [7, 11) is 1.27. The Morgan fingerprint density at radius 2 is 2.04 bits per heavy atom. The van der Waals surface area contributed by atoms with Gasteiger partial charge in [-0.2, -0.15) is 0 Å². The second-order valence-electron chi connectivity index (χ2n) is 6.74. The van der Waals surface area contributed by atoms with Gasteiger partial charge in [-0.25, -0.2) is 4.79 Å². The van der Waals surface area contributed by atoms with E-state index in [1.807, 2.05) is 0 Å². The lowest BCUT2D eigenvalue weighted by molar-refractivity contribution is -0.155. The van der Waals surface area contributed by atoms with Gasteiger partial charge in [0.25, 0.3) is 0 Å². The Labute approximate surface area is 169 Å². The molecule has 0 aliphatic carbocycles. The van der Waals surface area contributed by atoms with E-state index in [1.54, 1.807) is 38.1 Å². The average molecular weight is 411 g/mol. The van der Waals surface area contributed by atoms with Crippen molar-refractivity contribution in [2.45, 2.75) is 32.2 Å². The van der Waals surface area contributed by atoms with Crippen LogP contribution in [0.4, 0.5) is 0 Å². The Kier molecular flexibility index (Phi) is 7.46. The van der Waals surface area contributed by atoms with Gasteiger partial charge in [0.1, 0.15) is 5.41 Å². The molecule has 0 fully saturated rings. The van der Waals surface area contributed by atoms with Gasteiger partial charge in [-0.05, 0) is 25.0 Å². The number of carbonyl (C=O) groups excluding carboxylic acids is 1. The number of benzene rings is 1. The first kappa shape index (κ1) is 22.2. The summed E-state index contributed by atoms with van der Waals surface area (Å²) in [5, 5.41) is 13.9. The molecule has 4 N–H and O–H groups in total. The Morgan fingerprint density at radius 1 is 1.36 bits per heavy atom. The van der Waals surface area contributed by atoms with Crippen molar-refractivity contribution in [1.29, 1.82) is 0 Å². The first-order valence-electron chi connectivity index (χ1n) is 9.16. The lowest BCUT2D eigenvalue weighted by atomic mass is 9.60. The van der Waals surface area contributed by atoms with Crippen molar-refractivity contribution >= 4 is 23.5 Å². The van der Waals surface area contributed by atoms with Crippen LogP contribution in [0, 0.1) is 5.41 Å². The fourth-order valence-corrected chi connectivity index (χ4v) is 4.26. The SMILES string of the molecule is CCC1(C(=O)O)C(COCCN)NC(C)=C(C(=O)OC)[C@H]1c1ccccc1Cl. The van der Waals surface area contributed by atoms with Crippen LogP contribution in [0.5, 0.6) is 0 Å². The highest BCUT2D eigenvalue weighted by Gasteiger charge is 2.57. The maximum atomic E-state index is 12.7. The zero-order valence-corrected chi connectivity index (χ0v) is 17.1. The van der Waals surface area contributed by atoms with Gasteiger partial charge in [-0.1, -0.05) is 36.7 Å². The molecule has 2 unspecified atom stereocenters. The van der Waals surface area contributed by atoms with Crippen molar-refractivity contribution in [1.82, 2.24) is 5.32 Å². The summed E-state index contributed by atoms with van der Waals surface area (Å²) in [6, 6.07) is 6.38. The summed E-state index contributed by atoms with van der Waals surface area (Å²) < 4.78 is 10.6. The minimum Gasteiger partial charge on any atom is -0.481 e. The maximum absolute atomic E-state index is 12.7. The highest BCUT2D eigenvalue weighted by molar-refractivity contribution is 6.31. The molecule has 1 aliphatic heterocycles. The highest BCUT2D eigenvalue weighted by atomic mass is 35.5. The summed E-state index contributed by atoms with van der Waals surface area (Å²) >= 11 is 6.45. The van der Waals surface area contributed by atoms with Gasteiger partial charge in [0.05, 0.1) is 31.9 Å². The fourth-order valence-electron chi connectivity index (χ4n) is 4.02. The summed E-state index contributed by atoms with van der Waals surface area (Å²) in [5.41, 5.74) is 5.50. The second-order valence-corrected chi connectivity index (χ2v) is 7.15. The van der Waals surface area contributed by atoms with Crippen molar-refractivity contribution < 1.29 is 24.2 Å². The Bertz CT molecular complexity index is 767. The maximum Gasteiger partial charge on any atom is 0.336 e. The summed E-state index contributed by atoms with van der Waals surface area (Å²) in [6.07, 6.45) is 0.246. The molecule has 0 saturated carbocycles. The van der Waals surface area contributed by atoms with E-state index in [0.29, 0.717) is 29.4 Å². The monoisotopic (exact) mass is 410 g/mol. The molecule has 0 radical (unpaired) electrons. The topological polar surface area (TPSA) is 111 Å². The average Bonchev–Trinajstić information content (AvgIpc) is 2.67. The van der Waals surface area contributed by atoms with Crippen LogP contribution in [-0.4, -0.2) is 50.0 Å². The van der Waals surface area contributed by atoms with E-state index in [-0.39, 0.29) is 18.6 Å². The van der Waals surface area contributed by atoms with E-state index in [4.69, 9.17) is 26.8 Å². The molecule has 1 aromatic carbocycles. The van der Waals surface area contributed by atoms with Gasteiger partial charge >= 0.3 is 11.9 Å². The largest absolute Gasteiger partial charge is 0.481 e. The van der Waals surface area contributed by atoms with E-state index < -0.39 is 29.3 Å². The number of carboxylic acids is 1. The predicted octanol–water partition coefficient (Wildman–Crippen LogP) is 2.30. The van der Waals surface area contributed by atoms with E-state index in [9.17, 15) is 14.7 Å². The summed E-state index contributed by atoms with van der Waals surface area (Å²) in [5.74, 6) is -2.43. The molecule has 0 amide bonds. The molecular formula is C20H27ClN2O5. The van der Waals surface area contributed by atoms with Crippen molar-refractivity contribution in [3.8, 4) is 0 Å². The molecule has 0 spiro atoms. The first-order valence-corrected chi connectivity index (χ1v) is 9.54. The van der Waals surface area contributed by atoms with Gasteiger partial charge in [0, 0.05) is 23.2 Å². The minimum atomic E-state index is -1.37. The summed E-state index contributed by atoms with van der Waals surface area (Å²) in [4.78, 5) is 25.3. The number of ether oxygens (including phenoxy) is 2. The third kappa shape index (κ3) is 3.87. The number of carboxylic acid groups (broad SMARTS) is 1. The van der Waals surface area contributed by atoms with Gasteiger partial charge < -0.3 is 25.6 Å². The number of rotatable bonds is 8. The number of esters is 1. The zero-order chi connectivity index (χ0) is 20.9. The molecule has 8 heteroatoms. The van der Waals surface area contributed by atoms with E-state index >= 15 is 0 Å². The number of carbonyl (C=O) groups is 2. The number of aliphatic carboxylic acids is 1. The quantitative estimate of drug-likeness (QED) is 0.445. The van der Waals surface area contributed by atoms with Crippen LogP contribution in [0.3, 0.4) is 0 Å². The molecule has 2 rings (SSSR count). The number of hydrogen-bond acceptors (Lipinski definition) is 6. The van der Waals surface area contributed by atoms with Crippen molar-refractivity contribution in [3.63, 3.8) is 0 Å². The lowest BCUT2D eigenvalue weighted by Crippen LogP contribution is -2.59. The fraction of sp³-hybridized carbons (Fsp3) is 0.500. The number of nitrogens with two attached hydrogens (primary N) is 1. The third-order valence-electron chi connectivity index (χ3n) is 5.37. The molecule has 0 aromatic heterocycles. The van der Waals surface area contributed by atoms with Crippen LogP contribution >= 0.6 is 11.6 Å². The molecule has 28 heavy (non-hydrogen) atoms. The minimum absolute atomic E-state index is 0.129.